The number of aryl methyl sites for hydroxylation is 2. The van der Waals surface area contributed by atoms with E-state index in [0.29, 0.717) is 42.6 Å². The third-order valence-corrected chi connectivity index (χ3v) is 6.03. The second-order valence-corrected chi connectivity index (χ2v) is 8.50. The van der Waals surface area contributed by atoms with Crippen molar-refractivity contribution < 1.29 is 22.3 Å². The average Bonchev–Trinajstić information content (AvgIpc) is 3.47. The average molecular weight is 498 g/mol. The van der Waals surface area contributed by atoms with Crippen LogP contribution in [-0.2, 0) is 12.7 Å². The number of pyridine rings is 1. The van der Waals surface area contributed by atoms with Crippen molar-refractivity contribution in [2.45, 2.75) is 38.4 Å². The van der Waals surface area contributed by atoms with Crippen molar-refractivity contribution in [2.24, 2.45) is 0 Å². The molecule has 0 aliphatic carbocycles. The zero-order chi connectivity index (χ0) is 25.4. The summed E-state index contributed by atoms with van der Waals surface area (Å²) in [6.45, 7) is 2.40. The highest BCUT2D eigenvalue weighted by molar-refractivity contribution is 5.65. The lowest BCUT2D eigenvalue weighted by Gasteiger charge is -2.25. The lowest BCUT2D eigenvalue weighted by Crippen LogP contribution is -2.21. The molecule has 36 heavy (non-hydrogen) atoms. The van der Waals surface area contributed by atoms with Crippen LogP contribution in [0.25, 0.3) is 17.8 Å². The van der Waals surface area contributed by atoms with Crippen LogP contribution < -0.4 is 4.74 Å². The summed E-state index contributed by atoms with van der Waals surface area (Å²) in [7, 11) is 1.52. The predicted octanol–water partition coefficient (Wildman–Crippen LogP) is 5.43. The highest BCUT2D eigenvalue weighted by Gasteiger charge is 2.37. The second-order valence-electron chi connectivity index (χ2n) is 8.50. The van der Waals surface area contributed by atoms with Crippen molar-refractivity contribution in [3.63, 3.8) is 0 Å². The molecule has 1 aliphatic heterocycles. The number of halogens is 4. The fourth-order valence-electron chi connectivity index (χ4n) is 4.41. The Labute approximate surface area is 204 Å². The molecule has 0 bridgehead atoms. The summed E-state index contributed by atoms with van der Waals surface area (Å²) in [5, 5.41) is 4.44. The predicted molar refractivity (Wildman–Crippen MR) is 124 cm³/mol. The van der Waals surface area contributed by atoms with Gasteiger partial charge in [-0.25, -0.2) is 24.0 Å². The molecule has 0 saturated carbocycles. The van der Waals surface area contributed by atoms with Crippen LogP contribution in [0.3, 0.4) is 0 Å². The summed E-state index contributed by atoms with van der Waals surface area (Å²) in [4.78, 5) is 13.2. The van der Waals surface area contributed by atoms with Gasteiger partial charge < -0.3 is 9.30 Å². The summed E-state index contributed by atoms with van der Waals surface area (Å²) in [6, 6.07) is 6.21. The van der Waals surface area contributed by atoms with E-state index in [2.05, 4.69) is 20.1 Å². The third kappa shape index (κ3) is 4.60. The molecular weight excluding hydrogens is 476 g/mol. The highest BCUT2D eigenvalue weighted by atomic mass is 19.4. The maximum Gasteiger partial charge on any atom is 0.416 e. The van der Waals surface area contributed by atoms with E-state index in [9.17, 15) is 17.6 Å². The molecule has 0 N–H and O–H groups in total. The van der Waals surface area contributed by atoms with Gasteiger partial charge in [0.2, 0.25) is 5.88 Å². The van der Waals surface area contributed by atoms with Gasteiger partial charge in [0.1, 0.15) is 17.3 Å². The molecule has 1 aliphatic rings. The minimum absolute atomic E-state index is 0.122. The van der Waals surface area contributed by atoms with E-state index in [1.54, 1.807) is 33.8 Å². The first-order valence-electron chi connectivity index (χ1n) is 11.3. The van der Waals surface area contributed by atoms with Gasteiger partial charge >= 0.3 is 6.18 Å². The van der Waals surface area contributed by atoms with E-state index < -0.39 is 23.5 Å². The molecule has 4 heterocycles. The van der Waals surface area contributed by atoms with Crippen LogP contribution in [0.2, 0.25) is 0 Å². The van der Waals surface area contributed by atoms with Gasteiger partial charge in [-0.15, -0.1) is 0 Å². The number of ether oxygens (including phenoxy) is 1. The second kappa shape index (κ2) is 9.21. The van der Waals surface area contributed by atoms with E-state index in [4.69, 9.17) is 4.74 Å². The topological polar surface area (TPSA) is 70.7 Å². The fraction of sp³-hybridized carbons (Fsp3) is 0.280. The molecule has 186 valence electrons. The third-order valence-electron chi connectivity index (χ3n) is 6.03. The maximum atomic E-state index is 13.9. The van der Waals surface area contributed by atoms with E-state index >= 15 is 0 Å². The minimum atomic E-state index is -4.60. The number of hydrogen-bond acceptors (Lipinski definition) is 5. The molecule has 11 heteroatoms. The van der Waals surface area contributed by atoms with Crippen LogP contribution in [0.15, 0.2) is 42.9 Å². The molecule has 0 saturated heterocycles. The lowest BCUT2D eigenvalue weighted by atomic mass is 9.87. The number of aromatic nitrogens is 6. The number of methoxy groups -OCH3 is 1. The van der Waals surface area contributed by atoms with Crippen molar-refractivity contribution in [1.29, 1.82) is 0 Å². The van der Waals surface area contributed by atoms with Gasteiger partial charge in [0, 0.05) is 18.7 Å². The van der Waals surface area contributed by atoms with Crippen LogP contribution in [0.5, 0.6) is 5.88 Å². The van der Waals surface area contributed by atoms with Crippen molar-refractivity contribution in [3.05, 3.63) is 82.8 Å². The Bertz CT molecular complexity index is 1440. The Morgan fingerprint density at radius 2 is 1.94 bits per heavy atom. The minimum Gasteiger partial charge on any atom is -0.479 e. The molecule has 5 rings (SSSR count). The SMILES string of the molecule is COc1nc(/C=C/c2nc3n(n2)CCC[C@H]3c2cc(F)ccc2C(F)(F)F)ccc1-n1cnc(C)c1. The smallest absolute Gasteiger partial charge is 0.416 e. The fourth-order valence-corrected chi connectivity index (χ4v) is 4.41. The van der Waals surface area contributed by atoms with Crippen molar-refractivity contribution in [1.82, 2.24) is 29.3 Å². The number of nitrogens with zero attached hydrogens (tertiary/aromatic N) is 6. The summed E-state index contributed by atoms with van der Waals surface area (Å²) < 4.78 is 63.6. The molecule has 0 unspecified atom stereocenters. The Kier molecular flexibility index (Phi) is 6.07. The standard InChI is InChI=1S/C25H22F4N6O/c1-15-13-34(14-30-15)21-9-6-17(31-24(21)36-2)7-10-22-32-23-18(4-3-11-35(23)33-22)19-12-16(26)5-8-20(19)25(27,28)29/h5-10,12-14,18H,3-4,11H2,1-2H3/b10-7+/t18-/m0/s1. The molecule has 0 fully saturated rings. The van der Waals surface area contributed by atoms with Crippen LogP contribution in [-0.4, -0.2) is 36.4 Å². The number of alkyl halides is 3. The number of imidazole rings is 1. The first-order valence-corrected chi connectivity index (χ1v) is 11.3. The summed E-state index contributed by atoms with van der Waals surface area (Å²) in [5.74, 6) is -0.316. The normalized spacial score (nSPS) is 15.9. The highest BCUT2D eigenvalue weighted by Crippen LogP contribution is 2.40. The Hall–Kier alpha value is -4.02. The van der Waals surface area contributed by atoms with Crippen LogP contribution in [0.1, 0.15) is 52.9 Å². The quantitative estimate of drug-likeness (QED) is 0.343. The maximum absolute atomic E-state index is 13.9. The van der Waals surface area contributed by atoms with Gasteiger partial charge in [0.05, 0.1) is 30.4 Å². The molecule has 3 aromatic heterocycles. The van der Waals surface area contributed by atoms with Crippen molar-refractivity contribution in [3.8, 4) is 11.6 Å². The largest absolute Gasteiger partial charge is 0.479 e. The van der Waals surface area contributed by atoms with E-state index in [1.165, 1.54) is 7.11 Å². The van der Waals surface area contributed by atoms with Gasteiger partial charge in [-0.2, -0.15) is 18.3 Å². The number of hydrogen-bond donors (Lipinski definition) is 0. The molecule has 0 radical (unpaired) electrons. The molecule has 4 aromatic rings. The molecule has 0 amide bonds. The molecule has 0 spiro atoms. The molecule has 7 nitrogen and oxygen atoms in total. The van der Waals surface area contributed by atoms with Crippen LogP contribution in [0, 0.1) is 12.7 Å². The molecular formula is C25H22F4N6O. The Morgan fingerprint density at radius 1 is 1.11 bits per heavy atom. The zero-order valence-corrected chi connectivity index (χ0v) is 19.5. The summed E-state index contributed by atoms with van der Waals surface area (Å²) in [5.41, 5.74) is 1.19. The van der Waals surface area contributed by atoms with Gasteiger partial charge in [0.15, 0.2) is 5.82 Å². The van der Waals surface area contributed by atoms with Gasteiger partial charge in [0.25, 0.3) is 0 Å². The first-order chi connectivity index (χ1) is 17.2. The van der Waals surface area contributed by atoms with Gasteiger partial charge in [-0.05, 0) is 67.8 Å². The van der Waals surface area contributed by atoms with Gasteiger partial charge in [-0.1, -0.05) is 0 Å². The van der Waals surface area contributed by atoms with Crippen molar-refractivity contribution >= 4 is 12.2 Å². The number of rotatable bonds is 5. The van der Waals surface area contributed by atoms with E-state index in [0.717, 1.165) is 29.6 Å². The van der Waals surface area contributed by atoms with E-state index in [1.807, 2.05) is 19.2 Å². The monoisotopic (exact) mass is 498 g/mol. The van der Waals surface area contributed by atoms with Gasteiger partial charge in [-0.3, -0.25) is 0 Å². The molecule has 1 aromatic carbocycles. The van der Waals surface area contributed by atoms with Crippen LogP contribution in [0.4, 0.5) is 17.6 Å². The lowest BCUT2D eigenvalue weighted by molar-refractivity contribution is -0.138. The number of fused-ring (bicyclic) bond motifs is 1. The molecule has 1 atom stereocenters. The van der Waals surface area contributed by atoms with E-state index in [-0.39, 0.29) is 5.56 Å². The summed E-state index contributed by atoms with van der Waals surface area (Å²) >= 11 is 0. The first kappa shape index (κ1) is 23.7. The number of benzene rings is 1. The summed E-state index contributed by atoms with van der Waals surface area (Å²) in [6.07, 6.45) is 3.29. The zero-order valence-electron chi connectivity index (χ0n) is 19.5. The Balaban J connectivity index is 1.45. The van der Waals surface area contributed by atoms with Crippen molar-refractivity contribution in [2.75, 3.05) is 7.11 Å². The Morgan fingerprint density at radius 3 is 2.67 bits per heavy atom. The van der Waals surface area contributed by atoms with Crippen LogP contribution >= 0.6 is 0 Å².